The number of benzene rings is 1. The van der Waals surface area contributed by atoms with Crippen molar-refractivity contribution >= 4 is 11.6 Å². The van der Waals surface area contributed by atoms with Crippen LogP contribution in [0.1, 0.15) is 5.56 Å². The molecule has 0 heterocycles. The van der Waals surface area contributed by atoms with Gasteiger partial charge in [-0.15, -0.1) is 0 Å². The van der Waals surface area contributed by atoms with Crippen LogP contribution < -0.4 is 5.73 Å². The second-order valence-corrected chi connectivity index (χ2v) is 3.42. The molecule has 5 heteroatoms. The molecule has 0 aromatic heterocycles. The van der Waals surface area contributed by atoms with Gasteiger partial charge in [0.1, 0.15) is 0 Å². The van der Waals surface area contributed by atoms with Crippen LogP contribution in [-0.2, 0) is 11.2 Å². The van der Waals surface area contributed by atoms with Crippen molar-refractivity contribution in [1.82, 2.24) is 0 Å². The van der Waals surface area contributed by atoms with E-state index in [1.165, 1.54) is 0 Å². The molecule has 0 aliphatic heterocycles. The monoisotopic (exact) mass is 235 g/mol. The highest BCUT2D eigenvalue weighted by molar-refractivity contribution is 6.31. The van der Waals surface area contributed by atoms with Gasteiger partial charge in [0, 0.05) is 11.6 Å². The lowest BCUT2D eigenvalue weighted by molar-refractivity contribution is 0.144. The molecule has 0 saturated heterocycles. The average Bonchev–Trinajstić information content (AvgIpc) is 2.20. The Morgan fingerprint density at radius 2 is 1.87 bits per heavy atom. The fraction of sp³-hybridized carbons (Fsp3) is 0.400. The average molecular weight is 236 g/mol. The molecule has 0 spiro atoms. The maximum absolute atomic E-state index is 12.8. The SMILES string of the molecule is NCCOCCc1cc(F)c(F)cc1Cl. The van der Waals surface area contributed by atoms with Crippen molar-refractivity contribution in [3.63, 3.8) is 0 Å². The van der Waals surface area contributed by atoms with Crippen molar-refractivity contribution in [3.05, 3.63) is 34.4 Å². The van der Waals surface area contributed by atoms with E-state index in [2.05, 4.69) is 0 Å². The van der Waals surface area contributed by atoms with Gasteiger partial charge in [-0.05, 0) is 24.1 Å². The third-order valence-corrected chi connectivity index (χ3v) is 2.22. The standard InChI is InChI=1S/C10H12ClF2NO/c11-8-6-10(13)9(12)5-7(8)1-3-15-4-2-14/h5-6H,1-4,14H2. The molecule has 1 aromatic rings. The Morgan fingerprint density at radius 3 is 2.53 bits per heavy atom. The third kappa shape index (κ3) is 3.74. The molecule has 2 nitrogen and oxygen atoms in total. The van der Waals surface area contributed by atoms with Gasteiger partial charge in [0.2, 0.25) is 0 Å². The van der Waals surface area contributed by atoms with Gasteiger partial charge in [0.25, 0.3) is 0 Å². The zero-order valence-electron chi connectivity index (χ0n) is 8.10. The minimum absolute atomic E-state index is 0.213. The Bertz CT molecular complexity index is 333. The molecule has 0 atom stereocenters. The van der Waals surface area contributed by atoms with Crippen molar-refractivity contribution in [2.75, 3.05) is 19.8 Å². The molecule has 0 aliphatic rings. The summed E-state index contributed by atoms with van der Waals surface area (Å²) in [7, 11) is 0. The second-order valence-electron chi connectivity index (χ2n) is 3.01. The summed E-state index contributed by atoms with van der Waals surface area (Å²) < 4.78 is 30.6. The van der Waals surface area contributed by atoms with Gasteiger partial charge in [-0.25, -0.2) is 8.78 Å². The molecule has 0 unspecified atom stereocenters. The Morgan fingerprint density at radius 1 is 1.20 bits per heavy atom. The predicted octanol–water partition coefficient (Wildman–Crippen LogP) is 2.14. The summed E-state index contributed by atoms with van der Waals surface area (Å²) in [6.45, 7) is 1.27. The Balaban J connectivity index is 2.57. The maximum atomic E-state index is 12.8. The lowest BCUT2D eigenvalue weighted by Crippen LogP contribution is -2.10. The summed E-state index contributed by atoms with van der Waals surface area (Å²) in [6.07, 6.45) is 0.441. The fourth-order valence-corrected chi connectivity index (χ4v) is 1.37. The highest BCUT2D eigenvalue weighted by atomic mass is 35.5. The van der Waals surface area contributed by atoms with E-state index in [0.29, 0.717) is 31.7 Å². The van der Waals surface area contributed by atoms with E-state index >= 15 is 0 Å². The van der Waals surface area contributed by atoms with E-state index in [4.69, 9.17) is 22.1 Å². The minimum Gasteiger partial charge on any atom is -0.380 e. The first-order valence-corrected chi connectivity index (χ1v) is 4.94. The summed E-state index contributed by atoms with van der Waals surface area (Å²) in [4.78, 5) is 0. The summed E-state index contributed by atoms with van der Waals surface area (Å²) in [5.41, 5.74) is 5.76. The van der Waals surface area contributed by atoms with E-state index in [-0.39, 0.29) is 5.02 Å². The molecule has 0 bridgehead atoms. The van der Waals surface area contributed by atoms with Gasteiger partial charge in [0.15, 0.2) is 11.6 Å². The molecule has 2 N–H and O–H groups in total. The first-order chi connectivity index (χ1) is 7.15. The van der Waals surface area contributed by atoms with Gasteiger partial charge in [0.05, 0.1) is 13.2 Å². The van der Waals surface area contributed by atoms with Gasteiger partial charge in [-0.3, -0.25) is 0 Å². The Labute approximate surface area is 92.0 Å². The van der Waals surface area contributed by atoms with Crippen molar-refractivity contribution < 1.29 is 13.5 Å². The number of nitrogens with two attached hydrogens (primary N) is 1. The van der Waals surface area contributed by atoms with E-state index < -0.39 is 11.6 Å². The first-order valence-electron chi connectivity index (χ1n) is 4.56. The summed E-state index contributed by atoms with van der Waals surface area (Å²) in [5.74, 6) is -1.83. The topological polar surface area (TPSA) is 35.2 Å². The van der Waals surface area contributed by atoms with Crippen LogP contribution >= 0.6 is 11.6 Å². The van der Waals surface area contributed by atoms with E-state index in [9.17, 15) is 8.78 Å². The normalized spacial score (nSPS) is 10.7. The van der Waals surface area contributed by atoms with E-state index in [1.54, 1.807) is 0 Å². The van der Waals surface area contributed by atoms with Crippen LogP contribution in [0.25, 0.3) is 0 Å². The Hall–Kier alpha value is -0.710. The van der Waals surface area contributed by atoms with Crippen LogP contribution in [0.3, 0.4) is 0 Å². The third-order valence-electron chi connectivity index (χ3n) is 1.87. The fourth-order valence-electron chi connectivity index (χ4n) is 1.12. The minimum atomic E-state index is -0.938. The van der Waals surface area contributed by atoms with Gasteiger partial charge in [-0.1, -0.05) is 11.6 Å². The molecular formula is C10H12ClF2NO. The largest absolute Gasteiger partial charge is 0.380 e. The molecule has 84 valence electrons. The van der Waals surface area contributed by atoms with Crippen molar-refractivity contribution in [2.24, 2.45) is 5.73 Å². The van der Waals surface area contributed by atoms with Crippen LogP contribution in [-0.4, -0.2) is 19.8 Å². The zero-order chi connectivity index (χ0) is 11.3. The van der Waals surface area contributed by atoms with Crippen molar-refractivity contribution in [3.8, 4) is 0 Å². The van der Waals surface area contributed by atoms with E-state index in [0.717, 1.165) is 12.1 Å². The van der Waals surface area contributed by atoms with Crippen LogP contribution in [0.2, 0.25) is 5.02 Å². The maximum Gasteiger partial charge on any atom is 0.160 e. The summed E-state index contributed by atoms with van der Waals surface area (Å²) in [6, 6.07) is 2.05. The second kappa shape index (κ2) is 6.00. The van der Waals surface area contributed by atoms with Crippen LogP contribution in [0.15, 0.2) is 12.1 Å². The molecule has 0 fully saturated rings. The van der Waals surface area contributed by atoms with E-state index in [1.807, 2.05) is 0 Å². The van der Waals surface area contributed by atoms with Crippen LogP contribution in [0.5, 0.6) is 0 Å². The number of rotatable bonds is 5. The van der Waals surface area contributed by atoms with Crippen LogP contribution in [0, 0.1) is 11.6 Å². The quantitative estimate of drug-likeness (QED) is 0.627. The number of halogens is 3. The first kappa shape index (κ1) is 12.4. The summed E-state index contributed by atoms with van der Waals surface area (Å²) >= 11 is 5.73. The highest BCUT2D eigenvalue weighted by Crippen LogP contribution is 2.20. The molecular weight excluding hydrogens is 224 g/mol. The van der Waals surface area contributed by atoms with Gasteiger partial charge < -0.3 is 10.5 Å². The molecule has 1 aromatic carbocycles. The lowest BCUT2D eigenvalue weighted by Gasteiger charge is -2.05. The van der Waals surface area contributed by atoms with Gasteiger partial charge in [-0.2, -0.15) is 0 Å². The summed E-state index contributed by atoms with van der Waals surface area (Å²) in [5, 5.41) is 0.213. The van der Waals surface area contributed by atoms with Gasteiger partial charge >= 0.3 is 0 Å². The van der Waals surface area contributed by atoms with Crippen molar-refractivity contribution in [2.45, 2.75) is 6.42 Å². The highest BCUT2D eigenvalue weighted by Gasteiger charge is 2.07. The molecule has 1 rings (SSSR count). The Kier molecular flexibility index (Phi) is 4.94. The molecule has 0 aliphatic carbocycles. The van der Waals surface area contributed by atoms with Crippen molar-refractivity contribution in [1.29, 1.82) is 0 Å². The molecule has 0 amide bonds. The molecule has 0 radical (unpaired) electrons. The smallest absolute Gasteiger partial charge is 0.160 e. The lowest BCUT2D eigenvalue weighted by atomic mass is 10.1. The number of hydrogen-bond acceptors (Lipinski definition) is 2. The molecule has 0 saturated carbocycles. The number of hydrogen-bond donors (Lipinski definition) is 1. The zero-order valence-corrected chi connectivity index (χ0v) is 8.86. The number of ether oxygens (including phenoxy) is 1. The molecule has 15 heavy (non-hydrogen) atoms. The van der Waals surface area contributed by atoms with Crippen LogP contribution in [0.4, 0.5) is 8.78 Å². The predicted molar refractivity (Wildman–Crippen MR) is 54.9 cm³/mol.